The fourth-order valence-electron chi connectivity index (χ4n) is 1.90. The van der Waals surface area contributed by atoms with Crippen LogP contribution in [0, 0.1) is 6.92 Å². The number of hydrazone groups is 1. The lowest BCUT2D eigenvalue weighted by molar-refractivity contribution is -0.132. The highest BCUT2D eigenvalue weighted by Gasteiger charge is 2.05. The van der Waals surface area contributed by atoms with E-state index in [-0.39, 0.29) is 6.61 Å². The zero-order valence-corrected chi connectivity index (χ0v) is 14.5. The van der Waals surface area contributed by atoms with E-state index in [1.165, 1.54) is 13.1 Å². The van der Waals surface area contributed by atoms with Crippen molar-refractivity contribution in [3.8, 4) is 11.5 Å². The van der Waals surface area contributed by atoms with Gasteiger partial charge in [-0.25, -0.2) is 5.43 Å². The minimum absolute atomic E-state index is 0.190. The summed E-state index contributed by atoms with van der Waals surface area (Å²) in [4.78, 5) is 22.8. The van der Waals surface area contributed by atoms with Crippen LogP contribution in [0.4, 0.5) is 0 Å². The van der Waals surface area contributed by atoms with Crippen molar-refractivity contribution in [2.45, 2.75) is 13.8 Å². The molecule has 0 bridgehead atoms. The molecule has 0 unspecified atom stereocenters. The van der Waals surface area contributed by atoms with E-state index < -0.39 is 11.9 Å². The zero-order chi connectivity index (χ0) is 18.2. The van der Waals surface area contributed by atoms with Gasteiger partial charge in [0.2, 0.25) is 0 Å². The Labute approximate surface area is 150 Å². The topological polar surface area (TPSA) is 77.0 Å². The molecule has 0 aliphatic rings. The van der Waals surface area contributed by atoms with E-state index in [1.54, 1.807) is 42.5 Å². The van der Waals surface area contributed by atoms with Crippen LogP contribution in [0.2, 0.25) is 5.02 Å². The number of amides is 1. The third-order valence-corrected chi connectivity index (χ3v) is 3.49. The van der Waals surface area contributed by atoms with Crippen LogP contribution in [0.25, 0.3) is 0 Å². The van der Waals surface area contributed by atoms with Gasteiger partial charge in [-0.05, 0) is 42.8 Å². The van der Waals surface area contributed by atoms with E-state index in [0.717, 1.165) is 5.56 Å². The van der Waals surface area contributed by atoms with Crippen molar-refractivity contribution >= 4 is 29.7 Å². The van der Waals surface area contributed by atoms with Gasteiger partial charge in [0.15, 0.2) is 6.61 Å². The second-order valence-electron chi connectivity index (χ2n) is 5.12. The molecule has 2 aromatic rings. The number of para-hydroxylation sites is 1. The van der Waals surface area contributed by atoms with Gasteiger partial charge >= 0.3 is 5.97 Å². The molecule has 1 amide bonds. The van der Waals surface area contributed by atoms with Gasteiger partial charge in [0, 0.05) is 17.5 Å². The molecule has 0 aliphatic carbocycles. The fraction of sp³-hybridized carbons (Fsp3) is 0.167. The Balaban J connectivity index is 1.88. The Bertz CT molecular complexity index is 805. The van der Waals surface area contributed by atoms with Crippen molar-refractivity contribution < 1.29 is 19.1 Å². The summed E-state index contributed by atoms with van der Waals surface area (Å²) >= 11 is 5.93. The van der Waals surface area contributed by atoms with Gasteiger partial charge in [-0.1, -0.05) is 23.7 Å². The summed E-state index contributed by atoms with van der Waals surface area (Å²) < 4.78 is 10.4. The summed E-state index contributed by atoms with van der Waals surface area (Å²) in [5, 5.41) is 4.47. The monoisotopic (exact) mass is 360 g/mol. The third-order valence-electron chi connectivity index (χ3n) is 3.06. The highest BCUT2D eigenvalue weighted by molar-refractivity contribution is 6.31. The second kappa shape index (κ2) is 8.84. The molecule has 0 heterocycles. The molecule has 2 rings (SSSR count). The summed E-state index contributed by atoms with van der Waals surface area (Å²) in [5.74, 6) is 0.0486. The van der Waals surface area contributed by atoms with Crippen molar-refractivity contribution in [1.82, 2.24) is 5.43 Å². The van der Waals surface area contributed by atoms with Crippen LogP contribution >= 0.6 is 11.6 Å². The van der Waals surface area contributed by atoms with Gasteiger partial charge in [0.05, 0.1) is 6.21 Å². The predicted octanol–water partition coefficient (Wildman–Crippen LogP) is 3.10. The standard InChI is InChI=1S/C18H17ClN2O4/c1-12-9-15(7-8-16(12)19)24-11-18(23)21-20-10-14-5-3-4-6-17(14)25-13(2)22/h3-10H,11H2,1-2H3,(H,21,23)/b20-10+. The number of ether oxygens (including phenoxy) is 2. The van der Waals surface area contributed by atoms with Gasteiger partial charge < -0.3 is 9.47 Å². The minimum Gasteiger partial charge on any atom is -0.484 e. The van der Waals surface area contributed by atoms with E-state index in [1.807, 2.05) is 6.92 Å². The highest BCUT2D eigenvalue weighted by atomic mass is 35.5. The summed E-state index contributed by atoms with van der Waals surface area (Å²) in [6, 6.07) is 12.0. The number of nitrogens with zero attached hydrogens (tertiary/aromatic N) is 1. The maximum Gasteiger partial charge on any atom is 0.308 e. The molecule has 1 N–H and O–H groups in total. The number of carbonyl (C=O) groups is 2. The largest absolute Gasteiger partial charge is 0.484 e. The Morgan fingerprint density at radius 3 is 2.72 bits per heavy atom. The number of esters is 1. The first-order valence-electron chi connectivity index (χ1n) is 7.44. The van der Waals surface area contributed by atoms with Crippen LogP contribution in [0.5, 0.6) is 11.5 Å². The Kier molecular flexibility index (Phi) is 6.54. The Morgan fingerprint density at radius 2 is 2.00 bits per heavy atom. The molecule has 130 valence electrons. The van der Waals surface area contributed by atoms with Crippen LogP contribution in [-0.4, -0.2) is 24.7 Å². The molecule has 7 heteroatoms. The van der Waals surface area contributed by atoms with Crippen molar-refractivity contribution in [3.05, 3.63) is 58.6 Å². The van der Waals surface area contributed by atoms with E-state index in [2.05, 4.69) is 10.5 Å². The number of benzene rings is 2. The van der Waals surface area contributed by atoms with E-state index in [4.69, 9.17) is 21.1 Å². The third kappa shape index (κ3) is 5.93. The van der Waals surface area contributed by atoms with Crippen LogP contribution in [0.3, 0.4) is 0 Å². The molecule has 2 aromatic carbocycles. The number of carbonyl (C=O) groups excluding carboxylic acids is 2. The second-order valence-corrected chi connectivity index (χ2v) is 5.53. The summed E-state index contributed by atoms with van der Waals surface area (Å²) in [5.41, 5.74) is 3.77. The normalized spacial score (nSPS) is 10.5. The number of rotatable bonds is 6. The van der Waals surface area contributed by atoms with Gasteiger partial charge in [0.1, 0.15) is 11.5 Å². The van der Waals surface area contributed by atoms with Crippen molar-refractivity contribution in [3.63, 3.8) is 0 Å². The minimum atomic E-state index is -0.434. The zero-order valence-electron chi connectivity index (χ0n) is 13.8. The SMILES string of the molecule is CC(=O)Oc1ccccc1/C=N/NC(=O)COc1ccc(Cl)c(C)c1. The molecule has 0 saturated carbocycles. The number of halogens is 1. The maximum atomic E-state index is 11.8. The van der Waals surface area contributed by atoms with Crippen molar-refractivity contribution in [2.24, 2.45) is 5.10 Å². The predicted molar refractivity (Wildman–Crippen MR) is 95.2 cm³/mol. The van der Waals surface area contributed by atoms with Gasteiger partial charge in [-0.3, -0.25) is 9.59 Å². The Hall–Kier alpha value is -2.86. The molecular weight excluding hydrogens is 344 g/mol. The lowest BCUT2D eigenvalue weighted by Crippen LogP contribution is -2.24. The average Bonchev–Trinajstić information content (AvgIpc) is 2.57. The van der Waals surface area contributed by atoms with Crippen LogP contribution < -0.4 is 14.9 Å². The fourth-order valence-corrected chi connectivity index (χ4v) is 2.01. The maximum absolute atomic E-state index is 11.8. The highest BCUT2D eigenvalue weighted by Crippen LogP contribution is 2.20. The molecule has 0 radical (unpaired) electrons. The van der Waals surface area contributed by atoms with Crippen molar-refractivity contribution in [1.29, 1.82) is 0 Å². The summed E-state index contributed by atoms with van der Waals surface area (Å²) in [7, 11) is 0. The lowest BCUT2D eigenvalue weighted by Gasteiger charge is -2.07. The van der Waals surface area contributed by atoms with Gasteiger partial charge in [0.25, 0.3) is 5.91 Å². The van der Waals surface area contributed by atoms with E-state index >= 15 is 0 Å². The first-order valence-corrected chi connectivity index (χ1v) is 7.82. The number of aryl methyl sites for hydroxylation is 1. The van der Waals surface area contributed by atoms with Crippen molar-refractivity contribution in [2.75, 3.05) is 6.61 Å². The first kappa shape index (κ1) is 18.5. The molecule has 6 nitrogen and oxygen atoms in total. The molecule has 0 saturated heterocycles. The quantitative estimate of drug-likeness (QED) is 0.371. The molecule has 0 aliphatic heterocycles. The molecular formula is C18H17ClN2O4. The number of hydrogen-bond donors (Lipinski definition) is 1. The molecule has 0 aromatic heterocycles. The van der Waals surface area contributed by atoms with Gasteiger partial charge in [-0.2, -0.15) is 5.10 Å². The van der Waals surface area contributed by atoms with E-state index in [0.29, 0.717) is 22.1 Å². The number of nitrogens with one attached hydrogen (secondary N) is 1. The molecule has 0 atom stereocenters. The van der Waals surface area contributed by atoms with Crippen LogP contribution in [-0.2, 0) is 9.59 Å². The molecule has 0 spiro atoms. The summed E-state index contributed by atoms with van der Waals surface area (Å²) in [6.07, 6.45) is 1.39. The number of hydrogen-bond acceptors (Lipinski definition) is 5. The first-order chi connectivity index (χ1) is 12.0. The molecule has 0 fully saturated rings. The van der Waals surface area contributed by atoms with Gasteiger partial charge in [-0.15, -0.1) is 0 Å². The van der Waals surface area contributed by atoms with E-state index in [9.17, 15) is 9.59 Å². The lowest BCUT2D eigenvalue weighted by atomic mass is 10.2. The average molecular weight is 361 g/mol. The smallest absolute Gasteiger partial charge is 0.308 e. The van der Waals surface area contributed by atoms with Crippen LogP contribution in [0.1, 0.15) is 18.1 Å². The van der Waals surface area contributed by atoms with Crippen LogP contribution in [0.15, 0.2) is 47.6 Å². The molecule has 25 heavy (non-hydrogen) atoms. The summed E-state index contributed by atoms with van der Waals surface area (Å²) in [6.45, 7) is 2.97. The Morgan fingerprint density at radius 1 is 1.24 bits per heavy atom.